The van der Waals surface area contributed by atoms with Crippen molar-refractivity contribution in [2.45, 2.75) is 26.9 Å². The van der Waals surface area contributed by atoms with E-state index in [4.69, 9.17) is 16.1 Å². The quantitative estimate of drug-likeness (QED) is 0.774. The summed E-state index contributed by atoms with van der Waals surface area (Å²) in [5.41, 5.74) is 4.86. The summed E-state index contributed by atoms with van der Waals surface area (Å²) in [5, 5.41) is 4.76. The maximum absolute atomic E-state index is 5.91. The molecule has 0 fully saturated rings. The normalized spacial score (nSPS) is 12.3. The number of nitrogens with one attached hydrogen (secondary N) is 1. The lowest BCUT2D eigenvalue weighted by molar-refractivity contribution is -0.909. The van der Waals surface area contributed by atoms with Crippen molar-refractivity contribution in [1.82, 2.24) is 10.1 Å². The van der Waals surface area contributed by atoms with Gasteiger partial charge in [-0.15, -0.1) is 0 Å². The number of rotatable bonds is 5. The highest BCUT2D eigenvalue weighted by atomic mass is 35.5. The first-order chi connectivity index (χ1) is 11.5. The molecule has 0 amide bonds. The van der Waals surface area contributed by atoms with Gasteiger partial charge < -0.3 is 9.42 Å². The summed E-state index contributed by atoms with van der Waals surface area (Å²) in [4.78, 5) is 5.79. The Morgan fingerprint density at radius 3 is 2.50 bits per heavy atom. The summed E-state index contributed by atoms with van der Waals surface area (Å²) >= 11 is 5.91. The van der Waals surface area contributed by atoms with Gasteiger partial charge in [-0.25, -0.2) is 0 Å². The molecule has 4 nitrogen and oxygen atoms in total. The predicted octanol–water partition coefficient (Wildman–Crippen LogP) is 3.22. The van der Waals surface area contributed by atoms with Crippen LogP contribution in [-0.2, 0) is 13.1 Å². The first-order valence-electron chi connectivity index (χ1n) is 7.97. The maximum Gasteiger partial charge on any atom is 0.282 e. The number of hydrogen-bond donors (Lipinski definition) is 1. The fourth-order valence-electron chi connectivity index (χ4n) is 2.73. The van der Waals surface area contributed by atoms with Gasteiger partial charge in [-0.2, -0.15) is 4.98 Å². The molecule has 5 heteroatoms. The zero-order valence-electron chi connectivity index (χ0n) is 14.1. The Hall–Kier alpha value is -2.17. The second-order valence-electron chi connectivity index (χ2n) is 6.26. The number of aromatic nitrogens is 2. The van der Waals surface area contributed by atoms with E-state index >= 15 is 0 Å². The molecule has 24 heavy (non-hydrogen) atoms. The van der Waals surface area contributed by atoms with E-state index in [9.17, 15) is 0 Å². The van der Waals surface area contributed by atoms with Gasteiger partial charge in [0.25, 0.3) is 5.89 Å². The molecule has 0 aliphatic carbocycles. The third-order valence-electron chi connectivity index (χ3n) is 4.01. The molecule has 124 valence electrons. The summed E-state index contributed by atoms with van der Waals surface area (Å²) < 4.78 is 5.39. The molecular formula is C19H21ClN3O+. The van der Waals surface area contributed by atoms with Crippen molar-refractivity contribution in [2.24, 2.45) is 0 Å². The number of benzene rings is 2. The van der Waals surface area contributed by atoms with Crippen molar-refractivity contribution in [2.75, 3.05) is 7.05 Å². The van der Waals surface area contributed by atoms with Crippen LogP contribution < -0.4 is 4.90 Å². The lowest BCUT2D eigenvalue weighted by Crippen LogP contribution is -3.06. The summed E-state index contributed by atoms with van der Waals surface area (Å²) in [6, 6.07) is 14.0. The molecule has 1 heterocycles. The van der Waals surface area contributed by atoms with Crippen LogP contribution in [0.25, 0.3) is 11.4 Å². The zero-order valence-corrected chi connectivity index (χ0v) is 14.9. The van der Waals surface area contributed by atoms with Gasteiger partial charge in [0.15, 0.2) is 6.54 Å². The average Bonchev–Trinajstić information content (AvgIpc) is 2.99. The van der Waals surface area contributed by atoms with Crippen molar-refractivity contribution in [3.8, 4) is 11.4 Å². The molecule has 1 atom stereocenters. The fraction of sp³-hybridized carbons (Fsp3) is 0.263. The molecule has 0 bridgehead atoms. The molecule has 1 N–H and O–H groups in total. The number of quaternary nitrogens is 1. The standard InChI is InChI=1S/C19H20ClN3O/c1-13-4-5-16(14(2)10-13)11-23(3)12-18-21-19(22-24-18)15-6-8-17(20)9-7-15/h4-10H,11-12H2,1-3H3/p+1. The Labute approximate surface area is 147 Å². The van der Waals surface area contributed by atoms with Gasteiger partial charge in [0.2, 0.25) is 5.82 Å². The van der Waals surface area contributed by atoms with E-state index in [1.165, 1.54) is 21.6 Å². The summed E-state index contributed by atoms with van der Waals surface area (Å²) in [6.45, 7) is 5.88. The maximum atomic E-state index is 5.91. The smallest absolute Gasteiger partial charge is 0.282 e. The van der Waals surface area contributed by atoms with Crippen LogP contribution in [-0.4, -0.2) is 17.2 Å². The molecular weight excluding hydrogens is 322 g/mol. The van der Waals surface area contributed by atoms with Gasteiger partial charge >= 0.3 is 0 Å². The second kappa shape index (κ2) is 7.16. The van der Waals surface area contributed by atoms with Gasteiger partial charge in [0, 0.05) is 16.1 Å². The highest BCUT2D eigenvalue weighted by Gasteiger charge is 2.14. The minimum atomic E-state index is 0.598. The van der Waals surface area contributed by atoms with Crippen molar-refractivity contribution >= 4 is 11.6 Å². The zero-order chi connectivity index (χ0) is 17.1. The van der Waals surface area contributed by atoms with Gasteiger partial charge in [0.05, 0.1) is 7.05 Å². The predicted molar refractivity (Wildman–Crippen MR) is 95.0 cm³/mol. The van der Waals surface area contributed by atoms with E-state index in [1.807, 2.05) is 24.3 Å². The Kier molecular flexibility index (Phi) is 4.97. The van der Waals surface area contributed by atoms with Crippen LogP contribution in [0.5, 0.6) is 0 Å². The van der Waals surface area contributed by atoms with Crippen molar-refractivity contribution in [3.63, 3.8) is 0 Å². The largest absolute Gasteiger partial charge is 0.333 e. The lowest BCUT2D eigenvalue weighted by atomic mass is 10.1. The SMILES string of the molecule is Cc1ccc(C[NH+](C)Cc2nc(-c3ccc(Cl)cc3)no2)c(C)c1. The molecule has 0 saturated carbocycles. The molecule has 2 aromatic carbocycles. The monoisotopic (exact) mass is 342 g/mol. The molecule has 0 spiro atoms. The van der Waals surface area contributed by atoms with Crippen molar-refractivity contribution < 1.29 is 9.42 Å². The van der Waals surface area contributed by atoms with Crippen LogP contribution in [0, 0.1) is 13.8 Å². The van der Waals surface area contributed by atoms with Crippen LogP contribution >= 0.6 is 11.6 Å². The van der Waals surface area contributed by atoms with Gasteiger partial charge in [0.1, 0.15) is 6.54 Å². The average molecular weight is 343 g/mol. The van der Waals surface area contributed by atoms with E-state index in [1.54, 1.807) is 0 Å². The van der Waals surface area contributed by atoms with Crippen LogP contribution in [0.15, 0.2) is 47.0 Å². The third kappa shape index (κ3) is 4.02. The molecule has 1 aromatic heterocycles. The van der Waals surface area contributed by atoms with E-state index in [0.29, 0.717) is 23.3 Å². The highest BCUT2D eigenvalue weighted by molar-refractivity contribution is 6.30. The van der Waals surface area contributed by atoms with Crippen LogP contribution in [0.4, 0.5) is 0 Å². The lowest BCUT2D eigenvalue weighted by Gasteiger charge is -2.13. The van der Waals surface area contributed by atoms with E-state index in [2.05, 4.69) is 49.2 Å². The Balaban J connectivity index is 1.66. The summed E-state index contributed by atoms with van der Waals surface area (Å²) in [7, 11) is 2.13. The number of halogens is 1. The van der Waals surface area contributed by atoms with E-state index in [0.717, 1.165) is 12.1 Å². The minimum absolute atomic E-state index is 0.598. The first-order valence-corrected chi connectivity index (χ1v) is 8.35. The molecule has 3 rings (SSSR count). The number of hydrogen-bond acceptors (Lipinski definition) is 3. The third-order valence-corrected chi connectivity index (χ3v) is 4.27. The van der Waals surface area contributed by atoms with Gasteiger partial charge in [-0.1, -0.05) is 40.5 Å². The van der Waals surface area contributed by atoms with Gasteiger partial charge in [-0.05, 0) is 43.7 Å². The summed E-state index contributed by atoms with van der Waals surface area (Å²) in [6.07, 6.45) is 0. The van der Waals surface area contributed by atoms with E-state index < -0.39 is 0 Å². The number of nitrogens with zero attached hydrogens (tertiary/aromatic N) is 2. The van der Waals surface area contributed by atoms with Crippen molar-refractivity contribution in [3.05, 3.63) is 70.1 Å². The molecule has 0 aliphatic rings. The van der Waals surface area contributed by atoms with Gasteiger partial charge in [-0.3, -0.25) is 0 Å². The van der Waals surface area contributed by atoms with Crippen molar-refractivity contribution in [1.29, 1.82) is 0 Å². The molecule has 0 radical (unpaired) electrons. The molecule has 0 aliphatic heterocycles. The fourth-order valence-corrected chi connectivity index (χ4v) is 2.86. The second-order valence-corrected chi connectivity index (χ2v) is 6.70. The Morgan fingerprint density at radius 1 is 1.04 bits per heavy atom. The molecule has 0 saturated heterocycles. The van der Waals surface area contributed by atoms with E-state index in [-0.39, 0.29) is 0 Å². The highest BCUT2D eigenvalue weighted by Crippen LogP contribution is 2.18. The molecule has 3 aromatic rings. The summed E-state index contributed by atoms with van der Waals surface area (Å²) in [5.74, 6) is 1.24. The Morgan fingerprint density at radius 2 is 1.79 bits per heavy atom. The van der Waals surface area contributed by atoms with Crippen LogP contribution in [0.1, 0.15) is 22.6 Å². The topological polar surface area (TPSA) is 43.4 Å². The van der Waals surface area contributed by atoms with Crippen LogP contribution in [0.2, 0.25) is 5.02 Å². The minimum Gasteiger partial charge on any atom is -0.333 e. The number of aryl methyl sites for hydroxylation is 2. The first kappa shape index (κ1) is 16.7. The Bertz CT molecular complexity index is 827. The molecule has 1 unspecified atom stereocenters. The van der Waals surface area contributed by atoms with Crippen LogP contribution in [0.3, 0.4) is 0 Å².